The van der Waals surface area contributed by atoms with Crippen molar-refractivity contribution in [1.82, 2.24) is 0 Å². The molecule has 0 bridgehead atoms. The van der Waals surface area contributed by atoms with Crippen LogP contribution in [0.1, 0.15) is 158 Å². The maximum absolute atomic E-state index is 8.46. The minimum Gasteiger partial charge on any atom is -0.415 e. The second-order valence-electron chi connectivity index (χ2n) is 18.3. The molecule has 5 rings (SSSR count). The highest BCUT2D eigenvalue weighted by molar-refractivity contribution is 6.96. The summed E-state index contributed by atoms with van der Waals surface area (Å²) >= 11 is 0. The van der Waals surface area contributed by atoms with Gasteiger partial charge in [-0.25, -0.2) is 0 Å². The van der Waals surface area contributed by atoms with Crippen LogP contribution in [0.3, 0.4) is 0 Å². The van der Waals surface area contributed by atoms with E-state index in [-0.39, 0.29) is 24.4 Å². The molecular weight excluding hydrogens is 721 g/mol. The van der Waals surface area contributed by atoms with Gasteiger partial charge in [0.1, 0.15) is 0 Å². The van der Waals surface area contributed by atoms with Crippen LogP contribution >= 0.6 is 0 Å². The average molecular weight is 801 g/mol. The third-order valence-corrected chi connectivity index (χ3v) is 34.8. The molecule has 52 heavy (non-hydrogen) atoms. The van der Waals surface area contributed by atoms with E-state index in [1.165, 1.54) is 103 Å². The quantitative estimate of drug-likeness (QED) is 0.113. The Bertz CT molecular complexity index is 855. The van der Waals surface area contributed by atoms with E-state index in [1.807, 2.05) is 0 Å². The fraction of sp³-hybridized carbons (Fsp3) is 1.00. The highest BCUT2D eigenvalue weighted by Gasteiger charge is 2.69. The van der Waals surface area contributed by atoms with Crippen molar-refractivity contribution in [3.63, 3.8) is 0 Å². The molecule has 0 radical (unpaired) electrons. The molecule has 0 amide bonds. The van der Waals surface area contributed by atoms with Crippen LogP contribution in [0.25, 0.3) is 0 Å². The molecule has 5 fully saturated rings. The highest BCUT2D eigenvalue weighted by Crippen LogP contribution is 2.58. The van der Waals surface area contributed by atoms with Crippen LogP contribution in [-0.2, 0) is 35.4 Å². The van der Waals surface area contributed by atoms with Crippen molar-refractivity contribution < 1.29 is 35.4 Å². The fourth-order valence-electron chi connectivity index (χ4n) is 10.4. The van der Waals surface area contributed by atoms with E-state index in [9.17, 15) is 0 Å². The lowest BCUT2D eigenvalue weighted by Gasteiger charge is -2.58. The first kappa shape index (κ1) is 43.7. The molecule has 1 aliphatic heterocycles. The van der Waals surface area contributed by atoms with Crippen molar-refractivity contribution in [2.45, 2.75) is 229 Å². The second-order valence-corrected chi connectivity index (χ2v) is 33.3. The van der Waals surface area contributed by atoms with Gasteiger partial charge in [0, 0.05) is 72.8 Å². The maximum Gasteiger partial charge on any atom is 0.326 e. The molecule has 12 heteroatoms. The molecule has 1 heterocycles. The van der Waals surface area contributed by atoms with E-state index < -0.39 is 34.2 Å². The third-order valence-electron chi connectivity index (χ3n) is 12.9. The largest absolute Gasteiger partial charge is 0.415 e. The highest BCUT2D eigenvalue weighted by atomic mass is 28.5. The monoisotopic (exact) mass is 800 g/mol. The summed E-state index contributed by atoms with van der Waals surface area (Å²) in [7, 11) is -11.9. The zero-order chi connectivity index (χ0) is 37.2. The van der Waals surface area contributed by atoms with E-state index in [2.05, 4.69) is 55.4 Å². The van der Waals surface area contributed by atoms with E-state index in [0.29, 0.717) is 48.6 Å². The summed E-state index contributed by atoms with van der Waals surface area (Å²) in [4.78, 5) is 0. The molecule has 0 unspecified atom stereocenters. The van der Waals surface area contributed by atoms with Crippen LogP contribution in [-0.4, -0.2) is 85.1 Å². The standard InChI is InChI=1S/C40H80O8Si4/c1-33(2)41-25-29-49(37-17-9-10-18-37)45-50(30-26-42-34(3)4,38-19-11-12-20-38)47-52(32-28-44-36(7)8,40-23-15-16-24-40)48-51(46-49,31-27-43-35(5)6)39-21-13-14-22-39/h33-40H,9-32H2,1-8H3. The first-order chi connectivity index (χ1) is 24.9. The molecule has 0 N–H and O–H groups in total. The van der Waals surface area contributed by atoms with Gasteiger partial charge >= 0.3 is 34.2 Å². The molecule has 5 aliphatic rings. The molecule has 304 valence electrons. The Morgan fingerprint density at radius 1 is 0.346 bits per heavy atom. The predicted molar refractivity (Wildman–Crippen MR) is 220 cm³/mol. The van der Waals surface area contributed by atoms with Gasteiger partial charge in [0.25, 0.3) is 0 Å². The molecule has 4 saturated carbocycles. The molecular formula is C40H80O8Si4. The van der Waals surface area contributed by atoms with E-state index in [4.69, 9.17) is 35.4 Å². The average Bonchev–Trinajstić information content (AvgIpc) is 3.92. The summed E-state index contributed by atoms with van der Waals surface area (Å²) in [5.41, 5.74) is 1.77. The Kier molecular flexibility index (Phi) is 17.0. The summed E-state index contributed by atoms with van der Waals surface area (Å²) in [6.07, 6.45) is 20.3. The van der Waals surface area contributed by atoms with E-state index >= 15 is 0 Å². The van der Waals surface area contributed by atoms with Gasteiger partial charge in [-0.1, -0.05) is 51.4 Å². The van der Waals surface area contributed by atoms with Gasteiger partial charge in [0.05, 0.1) is 24.4 Å². The first-order valence-corrected chi connectivity index (χ1v) is 30.6. The molecule has 0 atom stereocenters. The third kappa shape index (κ3) is 11.4. The first-order valence-electron chi connectivity index (χ1n) is 22.2. The minimum atomic E-state index is -2.98. The summed E-state index contributed by atoms with van der Waals surface area (Å²) in [6.45, 7) is 20.1. The van der Waals surface area contributed by atoms with Crippen LogP contribution in [0.5, 0.6) is 0 Å². The smallest absolute Gasteiger partial charge is 0.326 e. The van der Waals surface area contributed by atoms with Crippen molar-refractivity contribution >= 4 is 34.2 Å². The Morgan fingerprint density at radius 3 is 0.673 bits per heavy atom. The fourth-order valence-corrected chi connectivity index (χ4v) is 38.9. The van der Waals surface area contributed by atoms with Crippen LogP contribution in [0.15, 0.2) is 0 Å². The Hall–Kier alpha value is 0.548. The van der Waals surface area contributed by atoms with Crippen molar-refractivity contribution in [1.29, 1.82) is 0 Å². The normalized spacial score (nSPS) is 33.5. The van der Waals surface area contributed by atoms with Gasteiger partial charge in [-0.2, -0.15) is 0 Å². The van der Waals surface area contributed by atoms with Gasteiger partial charge < -0.3 is 35.4 Å². The number of ether oxygens (including phenoxy) is 4. The lowest BCUT2D eigenvalue weighted by molar-refractivity contribution is 0.0716. The lowest BCUT2D eigenvalue weighted by Crippen LogP contribution is -2.74. The summed E-state index contributed by atoms with van der Waals surface area (Å²) in [5.74, 6) is 0. The second kappa shape index (κ2) is 20.3. The number of rotatable bonds is 20. The topological polar surface area (TPSA) is 73.8 Å². The van der Waals surface area contributed by atoms with Gasteiger partial charge in [0.15, 0.2) is 0 Å². The number of hydrogen-bond acceptors (Lipinski definition) is 8. The zero-order valence-electron chi connectivity index (χ0n) is 34.9. The molecule has 0 aromatic heterocycles. The molecule has 0 spiro atoms. The summed E-state index contributed by atoms with van der Waals surface area (Å²) < 4.78 is 59.8. The SMILES string of the molecule is CC(C)OCC[Si]1(C2CCCC2)O[Si](CCOC(C)C)(C2CCCC2)O[Si](CCOC(C)C)(C2CCCC2)O[Si](CCOC(C)C)(C2CCCC2)O1. The Morgan fingerprint density at radius 2 is 0.519 bits per heavy atom. The van der Waals surface area contributed by atoms with Crippen molar-refractivity contribution in [3.8, 4) is 0 Å². The molecule has 0 aromatic carbocycles. The van der Waals surface area contributed by atoms with Crippen molar-refractivity contribution in [3.05, 3.63) is 0 Å². The molecule has 0 aromatic rings. The van der Waals surface area contributed by atoms with Gasteiger partial charge in [-0.3, -0.25) is 0 Å². The van der Waals surface area contributed by atoms with E-state index in [0.717, 1.165) is 24.2 Å². The molecule has 1 saturated heterocycles. The van der Waals surface area contributed by atoms with Crippen molar-refractivity contribution in [2.24, 2.45) is 0 Å². The minimum absolute atomic E-state index is 0.173. The Balaban J connectivity index is 1.72. The van der Waals surface area contributed by atoms with Crippen LogP contribution < -0.4 is 0 Å². The zero-order valence-corrected chi connectivity index (χ0v) is 38.9. The van der Waals surface area contributed by atoms with Crippen LogP contribution in [0.4, 0.5) is 0 Å². The van der Waals surface area contributed by atoms with Gasteiger partial charge in [0.2, 0.25) is 0 Å². The summed E-state index contributed by atoms with van der Waals surface area (Å²) in [5, 5.41) is 0. The predicted octanol–water partition coefficient (Wildman–Crippen LogP) is 11.3. The van der Waals surface area contributed by atoms with Crippen LogP contribution in [0.2, 0.25) is 46.3 Å². The molecule has 4 aliphatic carbocycles. The summed E-state index contributed by atoms with van der Waals surface area (Å²) in [6, 6.07) is 3.48. The number of hydrogen-bond donors (Lipinski definition) is 0. The Labute approximate surface area is 323 Å². The van der Waals surface area contributed by atoms with Crippen molar-refractivity contribution in [2.75, 3.05) is 26.4 Å². The van der Waals surface area contributed by atoms with E-state index in [1.54, 1.807) is 0 Å². The maximum atomic E-state index is 8.46. The van der Waals surface area contributed by atoms with Gasteiger partial charge in [-0.05, 0) is 107 Å². The molecule has 8 nitrogen and oxygen atoms in total. The van der Waals surface area contributed by atoms with Crippen LogP contribution in [0, 0.1) is 0 Å². The lowest BCUT2D eigenvalue weighted by atomic mass is 10.4. The van der Waals surface area contributed by atoms with Gasteiger partial charge in [-0.15, -0.1) is 0 Å².